The van der Waals surface area contributed by atoms with Crippen molar-refractivity contribution in [2.45, 2.75) is 32.4 Å². The van der Waals surface area contributed by atoms with Gasteiger partial charge in [0.2, 0.25) is 15.9 Å². The number of carbonyl (C=O) groups excluding carboxylic acids is 1. The van der Waals surface area contributed by atoms with Crippen LogP contribution < -0.4 is 5.32 Å². The molecule has 1 N–H and O–H groups in total. The van der Waals surface area contributed by atoms with Crippen LogP contribution in [0.2, 0.25) is 0 Å². The molecule has 1 aromatic rings. The number of nitrogens with zero attached hydrogens (tertiary/aromatic N) is 1. The second-order valence-corrected chi connectivity index (χ2v) is 7.87. The van der Waals surface area contributed by atoms with Crippen LogP contribution >= 0.6 is 0 Å². The van der Waals surface area contributed by atoms with Crippen LogP contribution in [0.5, 0.6) is 0 Å². The average Bonchev–Trinajstić information content (AvgIpc) is 2.26. The predicted octanol–water partition coefficient (Wildman–Crippen LogP) is 1.53. The zero-order chi connectivity index (χ0) is 15.6. The number of hydrogen-bond donors (Lipinski definition) is 1. The number of carbonyl (C=O) groups is 1. The van der Waals surface area contributed by atoms with Crippen LogP contribution in [-0.4, -0.2) is 37.5 Å². The van der Waals surface area contributed by atoms with Crippen molar-refractivity contribution in [1.29, 1.82) is 0 Å². The first-order chi connectivity index (χ1) is 9.02. The van der Waals surface area contributed by atoms with E-state index in [1.165, 1.54) is 7.05 Å². The molecule has 0 heterocycles. The van der Waals surface area contributed by atoms with Crippen LogP contribution in [0, 0.1) is 0 Å². The van der Waals surface area contributed by atoms with Gasteiger partial charge in [0.1, 0.15) is 6.04 Å². The van der Waals surface area contributed by atoms with E-state index in [9.17, 15) is 13.2 Å². The lowest BCUT2D eigenvalue weighted by molar-refractivity contribution is -0.126. The highest BCUT2D eigenvalue weighted by Gasteiger charge is 2.32. The molecule has 0 radical (unpaired) electrons. The third-order valence-corrected chi connectivity index (χ3v) is 4.01. The lowest BCUT2D eigenvalue weighted by Crippen LogP contribution is -2.48. The molecular weight excluding hydrogens is 276 g/mol. The summed E-state index contributed by atoms with van der Waals surface area (Å²) >= 11 is 0. The first-order valence-electron chi connectivity index (χ1n) is 6.32. The van der Waals surface area contributed by atoms with Crippen molar-refractivity contribution in [1.82, 2.24) is 9.62 Å². The average molecular weight is 298 g/mol. The minimum Gasteiger partial charge on any atom is -0.350 e. The highest BCUT2D eigenvalue weighted by atomic mass is 32.2. The summed E-state index contributed by atoms with van der Waals surface area (Å²) in [7, 11) is -2.07. The first kappa shape index (κ1) is 16.7. The maximum Gasteiger partial charge on any atom is 0.243 e. The fourth-order valence-electron chi connectivity index (χ4n) is 1.79. The summed E-state index contributed by atoms with van der Waals surface area (Å²) in [5.74, 6) is -0.336. The van der Waals surface area contributed by atoms with E-state index in [0.29, 0.717) is 5.56 Å². The van der Waals surface area contributed by atoms with Crippen LogP contribution in [0.25, 0.3) is 0 Å². The number of nitrogens with one attached hydrogen (secondary N) is 1. The zero-order valence-electron chi connectivity index (χ0n) is 12.5. The van der Waals surface area contributed by atoms with Crippen molar-refractivity contribution >= 4 is 15.9 Å². The van der Waals surface area contributed by atoms with Gasteiger partial charge in [-0.15, -0.1) is 0 Å². The fourth-order valence-corrected chi connectivity index (χ4v) is 2.39. The van der Waals surface area contributed by atoms with Crippen LogP contribution in [0.4, 0.5) is 0 Å². The molecule has 0 saturated heterocycles. The Morgan fingerprint density at radius 3 is 2.10 bits per heavy atom. The van der Waals surface area contributed by atoms with E-state index in [4.69, 9.17) is 0 Å². The topological polar surface area (TPSA) is 66.5 Å². The maximum absolute atomic E-state index is 12.4. The second kappa shape index (κ2) is 5.93. The van der Waals surface area contributed by atoms with Crippen LogP contribution in [0.3, 0.4) is 0 Å². The minimum atomic E-state index is -3.48. The number of rotatable bonds is 4. The Labute approximate surface area is 121 Å². The maximum atomic E-state index is 12.4. The van der Waals surface area contributed by atoms with E-state index < -0.39 is 21.6 Å². The van der Waals surface area contributed by atoms with Gasteiger partial charge in [-0.3, -0.25) is 4.79 Å². The monoisotopic (exact) mass is 298 g/mol. The Bertz CT molecular complexity index is 562. The zero-order valence-corrected chi connectivity index (χ0v) is 13.4. The third-order valence-electron chi connectivity index (χ3n) is 2.75. The molecule has 6 heteroatoms. The Hall–Kier alpha value is -1.40. The van der Waals surface area contributed by atoms with Gasteiger partial charge in [0.25, 0.3) is 0 Å². The Morgan fingerprint density at radius 2 is 1.70 bits per heavy atom. The van der Waals surface area contributed by atoms with Crippen molar-refractivity contribution in [3.8, 4) is 0 Å². The van der Waals surface area contributed by atoms with Gasteiger partial charge < -0.3 is 5.32 Å². The highest BCUT2D eigenvalue weighted by molar-refractivity contribution is 7.88. The highest BCUT2D eigenvalue weighted by Crippen LogP contribution is 2.22. The summed E-state index contributed by atoms with van der Waals surface area (Å²) in [4.78, 5) is 12.4. The third kappa shape index (κ3) is 4.61. The van der Waals surface area contributed by atoms with E-state index >= 15 is 0 Å². The molecule has 0 unspecified atom stereocenters. The van der Waals surface area contributed by atoms with Crippen LogP contribution in [-0.2, 0) is 14.8 Å². The molecule has 0 aromatic heterocycles. The van der Waals surface area contributed by atoms with Crippen LogP contribution in [0.15, 0.2) is 30.3 Å². The molecule has 20 heavy (non-hydrogen) atoms. The van der Waals surface area contributed by atoms with E-state index in [1.54, 1.807) is 24.3 Å². The quantitative estimate of drug-likeness (QED) is 0.917. The summed E-state index contributed by atoms with van der Waals surface area (Å²) < 4.78 is 24.6. The second-order valence-electron chi connectivity index (χ2n) is 5.83. The molecule has 1 atom stereocenters. The number of hydrogen-bond acceptors (Lipinski definition) is 3. The number of sulfonamides is 1. The van der Waals surface area contributed by atoms with E-state index in [0.717, 1.165) is 10.6 Å². The molecule has 5 nitrogen and oxygen atoms in total. The number of likely N-dealkylation sites (N-methyl/N-ethyl adjacent to an activating group) is 1. The summed E-state index contributed by atoms with van der Waals surface area (Å²) in [5, 5.41) is 2.83. The molecular formula is C14H22N2O3S. The number of benzene rings is 1. The molecule has 0 fully saturated rings. The lowest BCUT2D eigenvalue weighted by Gasteiger charge is -2.29. The molecule has 112 valence electrons. The number of amides is 1. The summed E-state index contributed by atoms with van der Waals surface area (Å²) in [6.07, 6.45) is 1.09. The normalized spacial score (nSPS) is 14.1. The van der Waals surface area contributed by atoms with Crippen LogP contribution in [0.1, 0.15) is 32.4 Å². The van der Waals surface area contributed by atoms with Gasteiger partial charge in [0, 0.05) is 12.6 Å². The molecule has 0 spiro atoms. The molecule has 0 aliphatic rings. The first-order valence-corrected chi connectivity index (χ1v) is 8.17. The van der Waals surface area contributed by atoms with Crippen molar-refractivity contribution in [2.24, 2.45) is 0 Å². The van der Waals surface area contributed by atoms with Gasteiger partial charge in [-0.25, -0.2) is 8.42 Å². The van der Waals surface area contributed by atoms with Crippen molar-refractivity contribution in [2.75, 3.05) is 13.3 Å². The molecule has 0 saturated carbocycles. The summed E-state index contributed by atoms with van der Waals surface area (Å²) in [5.41, 5.74) is 0.213. The predicted molar refractivity (Wildman–Crippen MR) is 79.7 cm³/mol. The fraction of sp³-hybridized carbons (Fsp3) is 0.500. The van der Waals surface area contributed by atoms with Gasteiger partial charge in [-0.05, 0) is 26.3 Å². The molecule has 0 bridgehead atoms. The summed E-state index contributed by atoms with van der Waals surface area (Å²) in [6, 6.07) is 8.00. The molecule has 0 aliphatic carbocycles. The van der Waals surface area contributed by atoms with Gasteiger partial charge >= 0.3 is 0 Å². The Morgan fingerprint density at radius 1 is 1.20 bits per heavy atom. The smallest absolute Gasteiger partial charge is 0.243 e. The van der Waals surface area contributed by atoms with Crippen molar-refractivity contribution in [3.63, 3.8) is 0 Å². The Kier molecular flexibility index (Phi) is 4.94. The SMILES string of the molecule is CN([C@H](C(=O)NC(C)(C)C)c1ccccc1)S(C)(=O)=O. The largest absolute Gasteiger partial charge is 0.350 e. The van der Waals surface area contributed by atoms with E-state index in [1.807, 2.05) is 26.8 Å². The van der Waals surface area contributed by atoms with Gasteiger partial charge in [-0.2, -0.15) is 4.31 Å². The molecule has 0 aliphatic heterocycles. The minimum absolute atomic E-state index is 0.336. The van der Waals surface area contributed by atoms with Gasteiger partial charge in [-0.1, -0.05) is 30.3 Å². The molecule has 1 rings (SSSR count). The van der Waals surface area contributed by atoms with Gasteiger partial charge in [0.05, 0.1) is 6.26 Å². The van der Waals surface area contributed by atoms with Crippen molar-refractivity contribution < 1.29 is 13.2 Å². The molecule has 1 amide bonds. The van der Waals surface area contributed by atoms with E-state index in [-0.39, 0.29) is 5.91 Å². The summed E-state index contributed by atoms with van der Waals surface area (Å²) in [6.45, 7) is 5.56. The van der Waals surface area contributed by atoms with Crippen molar-refractivity contribution in [3.05, 3.63) is 35.9 Å². The Balaban J connectivity index is 3.19. The van der Waals surface area contributed by atoms with Gasteiger partial charge in [0.15, 0.2) is 0 Å². The standard InChI is InChI=1S/C14H22N2O3S/c1-14(2,3)15-13(17)12(16(4)20(5,18)19)11-9-7-6-8-10-11/h6-10,12H,1-5H3,(H,15,17)/t12-/m0/s1. The lowest BCUT2D eigenvalue weighted by atomic mass is 10.0. The molecule has 1 aromatic carbocycles. The van der Waals surface area contributed by atoms with E-state index in [2.05, 4.69) is 5.32 Å².